The van der Waals surface area contributed by atoms with E-state index < -0.39 is 0 Å². The number of H-pyrrole nitrogens is 1. The minimum atomic E-state index is -0.271. The average molecular weight is 394 g/mol. The molecule has 0 bridgehead atoms. The molecular formula is C20H19FN6S. The molecule has 1 aliphatic heterocycles. The highest BCUT2D eigenvalue weighted by Crippen LogP contribution is 2.37. The zero-order valence-electron chi connectivity index (χ0n) is 15.1. The molecule has 0 aliphatic carbocycles. The van der Waals surface area contributed by atoms with E-state index >= 15 is 0 Å². The van der Waals surface area contributed by atoms with Gasteiger partial charge in [0.25, 0.3) is 0 Å². The van der Waals surface area contributed by atoms with Crippen molar-refractivity contribution in [3.8, 4) is 21.7 Å². The Morgan fingerprint density at radius 3 is 2.86 bits per heavy atom. The Kier molecular flexibility index (Phi) is 4.29. The first-order valence-corrected chi connectivity index (χ1v) is 10.1. The van der Waals surface area contributed by atoms with Crippen LogP contribution >= 0.6 is 11.3 Å². The third-order valence-electron chi connectivity index (χ3n) is 5.21. The summed E-state index contributed by atoms with van der Waals surface area (Å²) in [6, 6.07) is 6.60. The third-order valence-corrected chi connectivity index (χ3v) is 6.26. The molecule has 1 aliphatic rings. The summed E-state index contributed by atoms with van der Waals surface area (Å²) in [5.74, 6) is 0.566. The molecule has 4 N–H and O–H groups in total. The van der Waals surface area contributed by atoms with Crippen LogP contribution in [0.2, 0.25) is 0 Å². The molecule has 28 heavy (non-hydrogen) atoms. The number of hydrogen-bond donors (Lipinski definition) is 3. The highest BCUT2D eigenvalue weighted by atomic mass is 32.1. The molecule has 6 nitrogen and oxygen atoms in total. The fourth-order valence-electron chi connectivity index (χ4n) is 3.75. The van der Waals surface area contributed by atoms with E-state index in [1.165, 1.54) is 23.5 Å². The molecular weight excluding hydrogens is 375 g/mol. The van der Waals surface area contributed by atoms with Gasteiger partial charge in [-0.2, -0.15) is 5.10 Å². The van der Waals surface area contributed by atoms with Gasteiger partial charge in [0, 0.05) is 29.4 Å². The summed E-state index contributed by atoms with van der Waals surface area (Å²) >= 11 is 1.41. The summed E-state index contributed by atoms with van der Waals surface area (Å²) in [4.78, 5) is 9.02. The minimum Gasteiger partial charge on any atom is -0.383 e. The number of halogens is 1. The maximum atomic E-state index is 13.5. The number of piperidine rings is 1. The molecule has 0 unspecified atom stereocenters. The molecule has 1 fully saturated rings. The first kappa shape index (κ1) is 17.3. The number of benzene rings is 1. The van der Waals surface area contributed by atoms with E-state index in [2.05, 4.69) is 25.5 Å². The van der Waals surface area contributed by atoms with Crippen LogP contribution in [-0.2, 0) is 0 Å². The van der Waals surface area contributed by atoms with Crippen molar-refractivity contribution in [3.05, 3.63) is 48.2 Å². The molecule has 1 aromatic carbocycles. The number of nitrogens with two attached hydrogens (primary N) is 1. The number of nitrogens with one attached hydrogen (secondary N) is 2. The van der Waals surface area contributed by atoms with Gasteiger partial charge in [0.2, 0.25) is 0 Å². The molecule has 1 saturated heterocycles. The number of hydrogen-bond acceptors (Lipinski definition) is 6. The number of rotatable bonds is 3. The van der Waals surface area contributed by atoms with Crippen molar-refractivity contribution in [2.75, 3.05) is 18.8 Å². The van der Waals surface area contributed by atoms with Crippen molar-refractivity contribution in [1.82, 2.24) is 25.5 Å². The van der Waals surface area contributed by atoms with E-state index in [1.807, 2.05) is 12.3 Å². The highest BCUT2D eigenvalue weighted by molar-refractivity contribution is 7.21. The van der Waals surface area contributed by atoms with Gasteiger partial charge >= 0.3 is 0 Å². The lowest BCUT2D eigenvalue weighted by molar-refractivity contribution is 0.453. The molecule has 3 aromatic heterocycles. The number of anilines is 1. The molecule has 0 spiro atoms. The highest BCUT2D eigenvalue weighted by Gasteiger charge is 2.22. The Labute approximate surface area is 165 Å². The van der Waals surface area contributed by atoms with Crippen LogP contribution in [0.4, 0.5) is 10.2 Å². The number of aromatic amines is 1. The fraction of sp³-hybridized carbons (Fsp3) is 0.250. The van der Waals surface area contributed by atoms with E-state index in [1.54, 1.807) is 12.3 Å². The van der Waals surface area contributed by atoms with Crippen LogP contribution in [0.1, 0.15) is 24.5 Å². The van der Waals surface area contributed by atoms with Crippen molar-refractivity contribution in [3.63, 3.8) is 0 Å². The van der Waals surface area contributed by atoms with E-state index in [9.17, 15) is 4.39 Å². The predicted molar refractivity (Wildman–Crippen MR) is 110 cm³/mol. The summed E-state index contributed by atoms with van der Waals surface area (Å²) in [7, 11) is 0. The SMILES string of the molecule is Nc1ncc(-c2c[nH]nc2C2CCNCC2)cc1-c1nc2ccc(F)cc2s1. The van der Waals surface area contributed by atoms with Gasteiger partial charge in [-0.25, -0.2) is 14.4 Å². The Morgan fingerprint density at radius 1 is 1.14 bits per heavy atom. The summed E-state index contributed by atoms with van der Waals surface area (Å²) in [5, 5.41) is 11.7. The van der Waals surface area contributed by atoms with Crippen molar-refractivity contribution < 1.29 is 4.39 Å². The molecule has 0 radical (unpaired) electrons. The Hall–Kier alpha value is -2.84. The monoisotopic (exact) mass is 394 g/mol. The number of pyridine rings is 1. The van der Waals surface area contributed by atoms with Crippen LogP contribution in [0.5, 0.6) is 0 Å². The van der Waals surface area contributed by atoms with Gasteiger partial charge in [-0.05, 0) is 50.2 Å². The number of thiazole rings is 1. The largest absolute Gasteiger partial charge is 0.383 e. The maximum absolute atomic E-state index is 13.5. The van der Waals surface area contributed by atoms with Gasteiger partial charge in [-0.1, -0.05) is 0 Å². The molecule has 0 saturated carbocycles. The zero-order chi connectivity index (χ0) is 19.1. The van der Waals surface area contributed by atoms with Crippen molar-refractivity contribution >= 4 is 27.4 Å². The lowest BCUT2D eigenvalue weighted by atomic mass is 9.90. The molecule has 0 amide bonds. The van der Waals surface area contributed by atoms with Gasteiger partial charge < -0.3 is 11.1 Å². The van der Waals surface area contributed by atoms with Crippen LogP contribution in [-0.4, -0.2) is 33.3 Å². The lowest BCUT2D eigenvalue weighted by Crippen LogP contribution is -2.27. The van der Waals surface area contributed by atoms with Crippen molar-refractivity contribution in [1.29, 1.82) is 0 Å². The van der Waals surface area contributed by atoms with Crippen LogP contribution in [0, 0.1) is 5.82 Å². The van der Waals surface area contributed by atoms with Crippen LogP contribution in [0.25, 0.3) is 31.9 Å². The average Bonchev–Trinajstić information content (AvgIpc) is 3.36. The number of nitrogens with zero attached hydrogens (tertiary/aromatic N) is 3. The topological polar surface area (TPSA) is 92.5 Å². The molecule has 142 valence electrons. The fourth-order valence-corrected chi connectivity index (χ4v) is 4.76. The Bertz CT molecular complexity index is 1140. The summed E-state index contributed by atoms with van der Waals surface area (Å²) in [6.07, 6.45) is 5.83. The van der Waals surface area contributed by atoms with E-state index in [-0.39, 0.29) is 5.82 Å². The van der Waals surface area contributed by atoms with E-state index in [0.29, 0.717) is 11.7 Å². The third kappa shape index (κ3) is 3.04. The first-order chi connectivity index (χ1) is 13.7. The minimum absolute atomic E-state index is 0.271. The van der Waals surface area contributed by atoms with Crippen LogP contribution in [0.3, 0.4) is 0 Å². The maximum Gasteiger partial charge on any atom is 0.133 e. The molecule has 5 rings (SSSR count). The first-order valence-electron chi connectivity index (χ1n) is 9.26. The number of fused-ring (bicyclic) bond motifs is 1. The van der Waals surface area contributed by atoms with Gasteiger partial charge in [0.15, 0.2) is 0 Å². The predicted octanol–water partition coefficient (Wildman–Crippen LogP) is 3.94. The number of aromatic nitrogens is 4. The second-order valence-electron chi connectivity index (χ2n) is 7.00. The lowest BCUT2D eigenvalue weighted by Gasteiger charge is -2.22. The number of nitrogen functional groups attached to an aromatic ring is 1. The van der Waals surface area contributed by atoms with E-state index in [0.717, 1.165) is 63.5 Å². The van der Waals surface area contributed by atoms with Gasteiger partial charge in [0.05, 0.1) is 21.5 Å². The van der Waals surface area contributed by atoms with Crippen LogP contribution < -0.4 is 11.1 Å². The normalized spacial score (nSPS) is 15.3. The van der Waals surface area contributed by atoms with Crippen LogP contribution in [0.15, 0.2) is 36.7 Å². The standard InChI is InChI=1S/C20H19FN6S/c21-13-1-2-16-17(8-13)28-20(26-16)14-7-12(9-24-19(14)22)15-10-25-27-18(15)11-3-5-23-6-4-11/h1-2,7-11,23H,3-6H2,(H2,22,24)(H,25,27). The molecule has 4 heterocycles. The second kappa shape index (κ2) is 6.96. The summed E-state index contributed by atoms with van der Waals surface area (Å²) in [6.45, 7) is 2.01. The summed E-state index contributed by atoms with van der Waals surface area (Å²) < 4.78 is 14.3. The quantitative estimate of drug-likeness (QED) is 0.489. The zero-order valence-corrected chi connectivity index (χ0v) is 15.9. The Morgan fingerprint density at radius 2 is 2.00 bits per heavy atom. The molecule has 4 aromatic rings. The van der Waals surface area contributed by atoms with Crippen molar-refractivity contribution in [2.45, 2.75) is 18.8 Å². The summed E-state index contributed by atoms with van der Waals surface area (Å²) in [5.41, 5.74) is 10.8. The van der Waals surface area contributed by atoms with Gasteiger partial charge in [-0.3, -0.25) is 5.10 Å². The van der Waals surface area contributed by atoms with E-state index in [4.69, 9.17) is 5.73 Å². The van der Waals surface area contributed by atoms with Crippen molar-refractivity contribution in [2.24, 2.45) is 0 Å². The second-order valence-corrected chi connectivity index (χ2v) is 8.03. The Balaban J connectivity index is 1.57. The molecule has 0 atom stereocenters. The van der Waals surface area contributed by atoms with Gasteiger partial charge in [0.1, 0.15) is 16.6 Å². The van der Waals surface area contributed by atoms with Gasteiger partial charge in [-0.15, -0.1) is 11.3 Å². The smallest absolute Gasteiger partial charge is 0.133 e. The molecule has 8 heteroatoms.